The van der Waals surface area contributed by atoms with E-state index >= 15 is 0 Å². The second-order valence-electron chi connectivity index (χ2n) is 5.78. The topological polar surface area (TPSA) is 83.6 Å². The van der Waals surface area contributed by atoms with Gasteiger partial charge in [-0.05, 0) is 25.7 Å². The summed E-state index contributed by atoms with van der Waals surface area (Å²) in [6.07, 6.45) is 2.47. The lowest BCUT2D eigenvalue weighted by Gasteiger charge is -2.22. The molecule has 0 aromatic heterocycles. The molecule has 1 rings (SSSR count). The van der Waals surface area contributed by atoms with Crippen molar-refractivity contribution in [2.24, 2.45) is 5.92 Å². The van der Waals surface area contributed by atoms with E-state index in [4.69, 9.17) is 0 Å². The van der Waals surface area contributed by atoms with Gasteiger partial charge in [-0.3, -0.25) is 9.69 Å². The van der Waals surface area contributed by atoms with Crippen LogP contribution in [0.4, 0.5) is 4.79 Å². The van der Waals surface area contributed by atoms with Gasteiger partial charge in [-0.2, -0.15) is 0 Å². The molecular formula is C12H22N2O4S. The highest BCUT2D eigenvalue weighted by Crippen LogP contribution is 2.24. The van der Waals surface area contributed by atoms with Crippen LogP contribution in [0.1, 0.15) is 33.6 Å². The summed E-state index contributed by atoms with van der Waals surface area (Å²) < 4.78 is 22.2. The standard InChI is InChI=1S/C12H22N2O4S/c1-9(2)5-6-12(3)10(15)14(11(16)13-12)7-8-19(4,17)18/h9H,5-8H2,1-4H3,(H,13,16). The number of hydrogen-bond donors (Lipinski definition) is 1. The summed E-state index contributed by atoms with van der Waals surface area (Å²) in [5.74, 6) is -0.0970. The Morgan fingerprint density at radius 1 is 1.32 bits per heavy atom. The maximum atomic E-state index is 12.2. The average molecular weight is 290 g/mol. The van der Waals surface area contributed by atoms with Crippen LogP contribution >= 0.6 is 0 Å². The first-order valence-electron chi connectivity index (χ1n) is 6.37. The van der Waals surface area contributed by atoms with Crippen molar-refractivity contribution in [2.75, 3.05) is 18.6 Å². The number of urea groups is 1. The summed E-state index contributed by atoms with van der Waals surface area (Å²) in [4.78, 5) is 25.0. The van der Waals surface area contributed by atoms with Crippen LogP contribution in [-0.4, -0.2) is 49.3 Å². The van der Waals surface area contributed by atoms with E-state index in [-0.39, 0.29) is 18.2 Å². The summed E-state index contributed by atoms with van der Waals surface area (Å²) in [7, 11) is -3.20. The van der Waals surface area contributed by atoms with Gasteiger partial charge in [-0.25, -0.2) is 13.2 Å². The monoisotopic (exact) mass is 290 g/mol. The third kappa shape index (κ3) is 4.19. The molecule has 0 radical (unpaired) electrons. The van der Waals surface area contributed by atoms with E-state index in [0.717, 1.165) is 17.6 Å². The molecule has 0 aromatic carbocycles. The molecule has 1 unspecified atom stereocenters. The molecule has 1 saturated heterocycles. The molecule has 1 atom stereocenters. The fourth-order valence-electron chi connectivity index (χ4n) is 1.95. The maximum Gasteiger partial charge on any atom is 0.325 e. The first-order chi connectivity index (χ1) is 8.55. The molecule has 1 N–H and O–H groups in total. The van der Waals surface area contributed by atoms with E-state index in [2.05, 4.69) is 5.32 Å². The lowest BCUT2D eigenvalue weighted by Crippen LogP contribution is -2.44. The van der Waals surface area contributed by atoms with Crippen molar-refractivity contribution >= 4 is 21.8 Å². The van der Waals surface area contributed by atoms with Crippen molar-refractivity contribution in [3.63, 3.8) is 0 Å². The largest absolute Gasteiger partial charge is 0.325 e. The van der Waals surface area contributed by atoms with Gasteiger partial charge in [-0.1, -0.05) is 13.8 Å². The Labute approximate surface area is 114 Å². The number of nitrogens with one attached hydrogen (secondary N) is 1. The Morgan fingerprint density at radius 2 is 1.89 bits per heavy atom. The predicted octanol–water partition coefficient (Wildman–Crippen LogP) is 0.778. The number of carbonyl (C=O) groups is 2. The Bertz CT molecular complexity index is 472. The smallest absolute Gasteiger partial charge is 0.323 e. The number of carbonyl (C=O) groups excluding carboxylic acids is 2. The predicted molar refractivity (Wildman–Crippen MR) is 72.4 cm³/mol. The summed E-state index contributed by atoms with van der Waals surface area (Å²) in [6, 6.07) is -0.500. The lowest BCUT2D eigenvalue weighted by atomic mass is 9.92. The molecule has 1 aliphatic rings. The SMILES string of the molecule is CC(C)CCC1(C)NC(=O)N(CCS(C)(=O)=O)C1=O. The minimum absolute atomic E-state index is 0.0826. The van der Waals surface area contributed by atoms with Gasteiger partial charge in [0, 0.05) is 12.8 Å². The van der Waals surface area contributed by atoms with Crippen LogP contribution in [0.3, 0.4) is 0 Å². The first-order valence-corrected chi connectivity index (χ1v) is 8.43. The van der Waals surface area contributed by atoms with Gasteiger partial charge in [-0.15, -0.1) is 0 Å². The molecule has 110 valence electrons. The molecule has 1 heterocycles. The van der Waals surface area contributed by atoms with Crippen molar-refractivity contribution in [1.29, 1.82) is 0 Å². The molecule has 1 aliphatic heterocycles. The number of rotatable bonds is 6. The van der Waals surface area contributed by atoms with Crippen molar-refractivity contribution in [2.45, 2.75) is 39.2 Å². The van der Waals surface area contributed by atoms with Gasteiger partial charge in [0.2, 0.25) is 0 Å². The summed E-state index contributed by atoms with van der Waals surface area (Å²) in [6.45, 7) is 5.70. The maximum absolute atomic E-state index is 12.2. The van der Waals surface area contributed by atoms with Gasteiger partial charge in [0.25, 0.3) is 5.91 Å². The quantitative estimate of drug-likeness (QED) is 0.733. The van der Waals surface area contributed by atoms with Crippen molar-refractivity contribution in [1.82, 2.24) is 10.2 Å². The molecule has 1 fully saturated rings. The van der Waals surface area contributed by atoms with Gasteiger partial charge in [0.05, 0.1) is 5.75 Å². The van der Waals surface area contributed by atoms with Crippen LogP contribution in [0.25, 0.3) is 0 Å². The Kier molecular flexibility index (Phi) is 4.60. The van der Waals surface area contributed by atoms with Crippen LogP contribution in [0.15, 0.2) is 0 Å². The van der Waals surface area contributed by atoms with Gasteiger partial charge in [0.1, 0.15) is 15.4 Å². The molecule has 0 aromatic rings. The zero-order valence-electron chi connectivity index (χ0n) is 11.9. The molecule has 0 saturated carbocycles. The number of imide groups is 1. The summed E-state index contributed by atoms with van der Waals surface area (Å²) >= 11 is 0. The van der Waals surface area contributed by atoms with E-state index in [1.165, 1.54) is 0 Å². The number of hydrogen-bond acceptors (Lipinski definition) is 4. The van der Waals surface area contributed by atoms with Gasteiger partial charge < -0.3 is 5.32 Å². The summed E-state index contributed by atoms with van der Waals surface area (Å²) in [5, 5.41) is 2.66. The van der Waals surface area contributed by atoms with Gasteiger partial charge >= 0.3 is 6.03 Å². The zero-order chi connectivity index (χ0) is 14.8. The fraction of sp³-hybridized carbons (Fsp3) is 0.833. The third-order valence-corrected chi connectivity index (χ3v) is 4.18. The molecule has 19 heavy (non-hydrogen) atoms. The highest BCUT2D eigenvalue weighted by molar-refractivity contribution is 7.90. The molecule has 6 nitrogen and oxygen atoms in total. The normalized spacial score (nSPS) is 24.2. The highest BCUT2D eigenvalue weighted by Gasteiger charge is 2.47. The van der Waals surface area contributed by atoms with E-state index < -0.39 is 21.4 Å². The molecule has 0 bridgehead atoms. The zero-order valence-corrected chi connectivity index (χ0v) is 12.7. The van der Waals surface area contributed by atoms with Crippen molar-refractivity contribution in [3.8, 4) is 0 Å². The molecule has 3 amide bonds. The summed E-state index contributed by atoms with van der Waals surface area (Å²) in [5.41, 5.74) is -0.904. The molecule has 0 aliphatic carbocycles. The number of nitrogens with zero attached hydrogens (tertiary/aromatic N) is 1. The van der Waals surface area contributed by atoms with E-state index in [0.29, 0.717) is 12.3 Å². The lowest BCUT2D eigenvalue weighted by molar-refractivity contribution is -0.130. The first kappa shape index (κ1) is 15.9. The Morgan fingerprint density at radius 3 is 2.37 bits per heavy atom. The molecule has 7 heteroatoms. The minimum Gasteiger partial charge on any atom is -0.323 e. The minimum atomic E-state index is -3.20. The molecular weight excluding hydrogens is 268 g/mol. The van der Waals surface area contributed by atoms with Crippen LogP contribution in [0, 0.1) is 5.92 Å². The highest BCUT2D eigenvalue weighted by atomic mass is 32.2. The number of sulfone groups is 1. The third-order valence-electron chi connectivity index (χ3n) is 3.25. The van der Waals surface area contributed by atoms with Gasteiger partial charge in [0.15, 0.2) is 0 Å². The van der Waals surface area contributed by atoms with Crippen LogP contribution in [-0.2, 0) is 14.6 Å². The average Bonchev–Trinajstić information content (AvgIpc) is 2.45. The Hall–Kier alpha value is -1.11. The van der Waals surface area contributed by atoms with Crippen molar-refractivity contribution < 1.29 is 18.0 Å². The second-order valence-corrected chi connectivity index (χ2v) is 8.04. The number of amides is 3. The van der Waals surface area contributed by atoms with Crippen LogP contribution in [0.5, 0.6) is 0 Å². The van der Waals surface area contributed by atoms with Crippen LogP contribution in [0.2, 0.25) is 0 Å². The fourth-order valence-corrected chi connectivity index (χ4v) is 2.47. The van der Waals surface area contributed by atoms with E-state index in [9.17, 15) is 18.0 Å². The Balaban J connectivity index is 2.72. The van der Waals surface area contributed by atoms with Crippen molar-refractivity contribution in [3.05, 3.63) is 0 Å². The van der Waals surface area contributed by atoms with E-state index in [1.807, 2.05) is 13.8 Å². The molecule has 0 spiro atoms. The van der Waals surface area contributed by atoms with Crippen LogP contribution < -0.4 is 5.32 Å². The van der Waals surface area contributed by atoms with E-state index in [1.54, 1.807) is 6.92 Å². The second kappa shape index (κ2) is 5.48.